The number of fused-ring (bicyclic) bond motifs is 1. The average Bonchev–Trinajstić information content (AvgIpc) is 2.66. The minimum atomic E-state index is -0.274. The van der Waals surface area contributed by atoms with Crippen LogP contribution < -0.4 is 15.8 Å². The number of nitrogen functional groups attached to an aromatic ring is 1. The number of carbonyl (C=O) groups excluding carboxylic acids is 1. The second-order valence-electron chi connectivity index (χ2n) is 5.49. The highest BCUT2D eigenvalue weighted by molar-refractivity contribution is 6.09. The Hall–Kier alpha value is -3.22. The fourth-order valence-electron chi connectivity index (χ4n) is 2.65. The summed E-state index contributed by atoms with van der Waals surface area (Å²) in [7, 11) is 1.58. The first kappa shape index (κ1) is 16.6. The molecule has 0 aliphatic rings. The molecule has 0 aliphatic carbocycles. The SMILES string of the molecule is CCCNC(=O)c1ncc2c(-c3nnccc3OC)cccc2c1N. The normalized spacial score (nSPS) is 10.6. The van der Waals surface area contributed by atoms with Crippen molar-refractivity contribution in [3.63, 3.8) is 0 Å². The van der Waals surface area contributed by atoms with Crippen molar-refractivity contribution in [1.29, 1.82) is 0 Å². The van der Waals surface area contributed by atoms with Gasteiger partial charge in [0.1, 0.15) is 11.4 Å². The van der Waals surface area contributed by atoms with Crippen LogP contribution in [0.3, 0.4) is 0 Å². The van der Waals surface area contributed by atoms with Gasteiger partial charge in [0.15, 0.2) is 5.69 Å². The molecule has 3 N–H and O–H groups in total. The smallest absolute Gasteiger partial charge is 0.272 e. The Morgan fingerprint density at radius 3 is 2.88 bits per heavy atom. The molecule has 0 bridgehead atoms. The van der Waals surface area contributed by atoms with Gasteiger partial charge in [-0.05, 0) is 6.42 Å². The number of hydrogen-bond donors (Lipinski definition) is 2. The summed E-state index contributed by atoms with van der Waals surface area (Å²) in [5.41, 5.74) is 8.18. The second-order valence-corrected chi connectivity index (χ2v) is 5.49. The lowest BCUT2D eigenvalue weighted by Gasteiger charge is -2.12. The summed E-state index contributed by atoms with van der Waals surface area (Å²) in [6, 6.07) is 7.35. The predicted molar refractivity (Wildman–Crippen MR) is 96.4 cm³/mol. The Morgan fingerprint density at radius 1 is 1.28 bits per heavy atom. The molecule has 25 heavy (non-hydrogen) atoms. The Balaban J connectivity index is 2.15. The minimum absolute atomic E-state index is 0.226. The Bertz CT molecular complexity index is 926. The van der Waals surface area contributed by atoms with Crippen LogP contribution in [0.25, 0.3) is 22.0 Å². The third-order valence-electron chi connectivity index (χ3n) is 3.88. The average molecular weight is 337 g/mol. The molecule has 0 atom stereocenters. The van der Waals surface area contributed by atoms with Crippen molar-refractivity contribution < 1.29 is 9.53 Å². The highest BCUT2D eigenvalue weighted by atomic mass is 16.5. The Labute approximate surface area is 145 Å². The number of methoxy groups -OCH3 is 1. The molecule has 0 aliphatic heterocycles. The van der Waals surface area contributed by atoms with E-state index in [1.165, 1.54) is 0 Å². The predicted octanol–water partition coefficient (Wildman–Crippen LogP) is 2.42. The molecule has 0 radical (unpaired) electrons. The van der Waals surface area contributed by atoms with Crippen molar-refractivity contribution in [2.75, 3.05) is 19.4 Å². The van der Waals surface area contributed by atoms with Gasteiger partial charge in [-0.15, -0.1) is 5.10 Å². The van der Waals surface area contributed by atoms with Gasteiger partial charge in [-0.1, -0.05) is 25.1 Å². The molecule has 128 valence electrons. The van der Waals surface area contributed by atoms with Crippen LogP contribution in [0.1, 0.15) is 23.8 Å². The summed E-state index contributed by atoms with van der Waals surface area (Å²) in [5.74, 6) is 0.328. The molecular weight excluding hydrogens is 318 g/mol. The molecule has 7 heteroatoms. The summed E-state index contributed by atoms with van der Waals surface area (Å²) >= 11 is 0. The van der Waals surface area contributed by atoms with E-state index in [0.29, 0.717) is 23.7 Å². The molecule has 0 saturated heterocycles. The first-order valence-electron chi connectivity index (χ1n) is 7.98. The van der Waals surface area contributed by atoms with Crippen molar-refractivity contribution in [3.05, 3.63) is 42.4 Å². The van der Waals surface area contributed by atoms with Crippen LogP contribution in [0.15, 0.2) is 36.7 Å². The maximum atomic E-state index is 12.2. The highest BCUT2D eigenvalue weighted by Crippen LogP contribution is 2.34. The van der Waals surface area contributed by atoms with E-state index in [9.17, 15) is 4.79 Å². The first-order chi connectivity index (χ1) is 12.2. The summed E-state index contributed by atoms with van der Waals surface area (Å²) in [5, 5.41) is 12.4. The number of anilines is 1. The number of nitrogens with zero attached hydrogens (tertiary/aromatic N) is 3. The molecule has 1 aromatic carbocycles. The van der Waals surface area contributed by atoms with Crippen LogP contribution in [-0.2, 0) is 0 Å². The summed E-state index contributed by atoms with van der Waals surface area (Å²) < 4.78 is 5.37. The monoisotopic (exact) mass is 337 g/mol. The molecule has 1 amide bonds. The number of carbonyl (C=O) groups is 1. The van der Waals surface area contributed by atoms with Crippen LogP contribution in [0.5, 0.6) is 5.75 Å². The van der Waals surface area contributed by atoms with Crippen molar-refractivity contribution in [3.8, 4) is 17.0 Å². The zero-order valence-corrected chi connectivity index (χ0v) is 14.1. The number of nitrogens with one attached hydrogen (secondary N) is 1. The molecule has 3 rings (SSSR count). The summed E-state index contributed by atoms with van der Waals surface area (Å²) in [6.07, 6.45) is 4.04. The van der Waals surface area contributed by atoms with E-state index in [1.54, 1.807) is 25.6 Å². The van der Waals surface area contributed by atoms with Crippen LogP contribution in [0, 0.1) is 0 Å². The number of hydrogen-bond acceptors (Lipinski definition) is 6. The fourth-order valence-corrected chi connectivity index (χ4v) is 2.65. The Morgan fingerprint density at radius 2 is 2.12 bits per heavy atom. The number of pyridine rings is 1. The van der Waals surface area contributed by atoms with Crippen molar-refractivity contribution in [2.24, 2.45) is 0 Å². The van der Waals surface area contributed by atoms with Gasteiger partial charge in [0.05, 0.1) is 19.0 Å². The zero-order chi connectivity index (χ0) is 17.8. The van der Waals surface area contributed by atoms with Gasteiger partial charge < -0.3 is 15.8 Å². The van der Waals surface area contributed by atoms with E-state index in [-0.39, 0.29) is 11.6 Å². The van der Waals surface area contributed by atoms with Crippen molar-refractivity contribution in [2.45, 2.75) is 13.3 Å². The quantitative estimate of drug-likeness (QED) is 0.741. The number of nitrogens with two attached hydrogens (primary N) is 1. The van der Waals surface area contributed by atoms with Gasteiger partial charge in [-0.25, -0.2) is 4.98 Å². The fraction of sp³-hybridized carbons (Fsp3) is 0.222. The Kier molecular flexibility index (Phi) is 4.74. The van der Waals surface area contributed by atoms with Crippen LogP contribution in [0.4, 0.5) is 5.69 Å². The number of amides is 1. The third-order valence-corrected chi connectivity index (χ3v) is 3.88. The lowest BCUT2D eigenvalue weighted by Crippen LogP contribution is -2.26. The molecule has 3 aromatic rings. The molecule has 0 fully saturated rings. The highest BCUT2D eigenvalue weighted by Gasteiger charge is 2.17. The third kappa shape index (κ3) is 3.08. The summed E-state index contributed by atoms with van der Waals surface area (Å²) in [6.45, 7) is 2.56. The van der Waals surface area contributed by atoms with Gasteiger partial charge in [0.2, 0.25) is 0 Å². The molecule has 0 unspecified atom stereocenters. The van der Waals surface area contributed by atoms with Gasteiger partial charge in [-0.2, -0.15) is 5.10 Å². The van der Waals surface area contributed by atoms with Crippen LogP contribution >= 0.6 is 0 Å². The van der Waals surface area contributed by atoms with E-state index in [2.05, 4.69) is 20.5 Å². The van der Waals surface area contributed by atoms with E-state index in [0.717, 1.165) is 22.8 Å². The van der Waals surface area contributed by atoms with Gasteiger partial charge >= 0.3 is 0 Å². The van der Waals surface area contributed by atoms with Gasteiger partial charge in [0.25, 0.3) is 5.91 Å². The van der Waals surface area contributed by atoms with Crippen LogP contribution in [0.2, 0.25) is 0 Å². The molecular formula is C18H19N5O2. The maximum absolute atomic E-state index is 12.2. The standard InChI is InChI=1S/C18H19N5O2/c1-3-8-20-18(24)17-15(19)11-5-4-6-12(13(11)10-21-17)16-14(25-2)7-9-22-23-16/h4-7,9-10H,3,8,19H2,1-2H3,(H,20,24). The van der Waals surface area contributed by atoms with Crippen molar-refractivity contribution >= 4 is 22.4 Å². The largest absolute Gasteiger partial charge is 0.494 e. The lowest BCUT2D eigenvalue weighted by atomic mass is 10.0. The molecule has 0 saturated carbocycles. The minimum Gasteiger partial charge on any atom is -0.494 e. The van der Waals surface area contributed by atoms with E-state index >= 15 is 0 Å². The number of benzene rings is 1. The zero-order valence-electron chi connectivity index (χ0n) is 14.1. The summed E-state index contributed by atoms with van der Waals surface area (Å²) in [4.78, 5) is 16.5. The van der Waals surface area contributed by atoms with Gasteiger partial charge in [0, 0.05) is 35.1 Å². The topological polar surface area (TPSA) is 103 Å². The number of rotatable bonds is 5. The maximum Gasteiger partial charge on any atom is 0.272 e. The molecule has 2 aromatic heterocycles. The number of aromatic nitrogens is 3. The van der Waals surface area contributed by atoms with E-state index in [4.69, 9.17) is 10.5 Å². The first-order valence-corrected chi connectivity index (χ1v) is 7.98. The molecule has 7 nitrogen and oxygen atoms in total. The molecule has 2 heterocycles. The van der Waals surface area contributed by atoms with Gasteiger partial charge in [-0.3, -0.25) is 4.79 Å². The van der Waals surface area contributed by atoms with E-state index in [1.807, 2.05) is 25.1 Å². The van der Waals surface area contributed by atoms with Crippen LogP contribution in [-0.4, -0.2) is 34.7 Å². The second kappa shape index (κ2) is 7.12. The lowest BCUT2D eigenvalue weighted by molar-refractivity contribution is 0.0950. The number of ether oxygens (including phenoxy) is 1. The van der Waals surface area contributed by atoms with Crippen molar-refractivity contribution in [1.82, 2.24) is 20.5 Å². The molecule has 0 spiro atoms. The van der Waals surface area contributed by atoms with E-state index < -0.39 is 0 Å².